The van der Waals surface area contributed by atoms with E-state index in [-0.39, 0.29) is 23.6 Å². The van der Waals surface area contributed by atoms with Crippen molar-refractivity contribution in [3.05, 3.63) is 64.9 Å². The second-order valence-corrected chi connectivity index (χ2v) is 7.03. The van der Waals surface area contributed by atoms with Gasteiger partial charge in [0.1, 0.15) is 5.69 Å². The maximum absolute atomic E-state index is 13.2. The Morgan fingerprint density at radius 1 is 1.10 bits per heavy atom. The summed E-state index contributed by atoms with van der Waals surface area (Å²) < 4.78 is 40.0. The van der Waals surface area contributed by atoms with Crippen LogP contribution in [-0.2, 0) is 12.7 Å². The molecule has 11 heteroatoms. The van der Waals surface area contributed by atoms with Crippen molar-refractivity contribution in [3.8, 4) is 0 Å². The van der Waals surface area contributed by atoms with Crippen molar-refractivity contribution in [2.24, 2.45) is 0 Å². The van der Waals surface area contributed by atoms with Crippen LogP contribution in [-0.4, -0.2) is 38.1 Å². The van der Waals surface area contributed by atoms with Crippen LogP contribution in [0.4, 0.5) is 24.7 Å². The van der Waals surface area contributed by atoms with Crippen LogP contribution in [0, 0.1) is 13.8 Å². The number of rotatable bonds is 3. The molecule has 1 aromatic carbocycles. The Morgan fingerprint density at radius 2 is 1.81 bits per heavy atom. The zero-order chi connectivity index (χ0) is 22.3. The van der Waals surface area contributed by atoms with E-state index in [4.69, 9.17) is 0 Å². The Hall–Kier alpha value is -3.76. The highest BCUT2D eigenvalue weighted by Crippen LogP contribution is 2.32. The molecule has 0 atom stereocenters. The van der Waals surface area contributed by atoms with Crippen LogP contribution in [0.15, 0.2) is 36.7 Å². The van der Waals surface area contributed by atoms with E-state index in [1.165, 1.54) is 34.1 Å². The highest BCUT2D eigenvalue weighted by Gasteiger charge is 2.35. The minimum Gasteiger partial charge on any atom is -0.305 e. The number of carbonyl (C=O) groups excluding carboxylic acids is 2. The number of amides is 2. The van der Waals surface area contributed by atoms with Crippen LogP contribution in [0.5, 0.6) is 0 Å². The highest BCUT2D eigenvalue weighted by atomic mass is 19.4. The van der Waals surface area contributed by atoms with Crippen molar-refractivity contribution in [1.29, 1.82) is 0 Å². The number of aromatic nitrogens is 4. The minimum absolute atomic E-state index is 0.0711. The number of hydrogen-bond donors (Lipinski definition) is 1. The molecule has 160 valence electrons. The van der Waals surface area contributed by atoms with Gasteiger partial charge in [-0.15, -0.1) is 0 Å². The zero-order valence-electron chi connectivity index (χ0n) is 16.6. The molecule has 0 spiro atoms. The third-order valence-corrected chi connectivity index (χ3v) is 4.84. The third-order valence-electron chi connectivity index (χ3n) is 4.84. The molecule has 2 aromatic heterocycles. The number of benzene rings is 1. The molecule has 4 rings (SSSR count). The minimum atomic E-state index is -4.47. The number of fused-ring (bicyclic) bond motifs is 1. The molecule has 31 heavy (non-hydrogen) atoms. The molecular formula is C20H17F3N6O2. The molecule has 2 amide bonds. The molecule has 0 fully saturated rings. The maximum atomic E-state index is 13.2. The SMILES string of the molecule is Cc1cncc(NC(=O)c2c(C)nn3c2C(=O)N(c2ccc(C(F)(F)F)cc2)CC3)n1. The van der Waals surface area contributed by atoms with E-state index in [1.807, 2.05) is 0 Å². The van der Waals surface area contributed by atoms with Gasteiger partial charge in [-0.05, 0) is 38.1 Å². The van der Waals surface area contributed by atoms with Gasteiger partial charge in [-0.3, -0.25) is 19.3 Å². The molecule has 0 saturated heterocycles. The average molecular weight is 430 g/mol. The van der Waals surface area contributed by atoms with Gasteiger partial charge in [0.25, 0.3) is 11.8 Å². The lowest BCUT2D eigenvalue weighted by molar-refractivity contribution is -0.137. The summed E-state index contributed by atoms with van der Waals surface area (Å²) in [6, 6.07) is 4.32. The van der Waals surface area contributed by atoms with Gasteiger partial charge in [0.15, 0.2) is 5.82 Å². The molecule has 8 nitrogen and oxygen atoms in total. The van der Waals surface area contributed by atoms with Crippen LogP contribution in [0.2, 0.25) is 0 Å². The number of aryl methyl sites for hydroxylation is 2. The van der Waals surface area contributed by atoms with Gasteiger partial charge >= 0.3 is 6.18 Å². The van der Waals surface area contributed by atoms with Gasteiger partial charge < -0.3 is 10.2 Å². The maximum Gasteiger partial charge on any atom is 0.416 e. The van der Waals surface area contributed by atoms with Crippen LogP contribution >= 0.6 is 0 Å². The van der Waals surface area contributed by atoms with Crippen molar-refractivity contribution < 1.29 is 22.8 Å². The number of carbonyl (C=O) groups is 2. The Labute approximate surface area is 174 Å². The van der Waals surface area contributed by atoms with Crippen molar-refractivity contribution in [2.75, 3.05) is 16.8 Å². The molecule has 3 heterocycles. The first-order valence-corrected chi connectivity index (χ1v) is 9.31. The van der Waals surface area contributed by atoms with Gasteiger partial charge in [0.2, 0.25) is 0 Å². The van der Waals surface area contributed by atoms with E-state index in [0.29, 0.717) is 23.6 Å². The number of hydrogen-bond acceptors (Lipinski definition) is 5. The van der Waals surface area contributed by atoms with Crippen molar-refractivity contribution >= 4 is 23.3 Å². The normalized spacial score (nSPS) is 13.8. The predicted octanol–water partition coefficient (Wildman–Crippen LogP) is 3.22. The Morgan fingerprint density at radius 3 is 2.45 bits per heavy atom. The summed E-state index contributed by atoms with van der Waals surface area (Å²) in [4.78, 5) is 35.5. The molecule has 0 aliphatic carbocycles. The molecule has 3 aromatic rings. The zero-order valence-corrected chi connectivity index (χ0v) is 16.6. The van der Waals surface area contributed by atoms with Crippen LogP contribution in [0.3, 0.4) is 0 Å². The van der Waals surface area contributed by atoms with E-state index >= 15 is 0 Å². The lowest BCUT2D eigenvalue weighted by Crippen LogP contribution is -2.41. The molecule has 1 aliphatic rings. The lowest BCUT2D eigenvalue weighted by atomic mass is 10.1. The number of nitrogens with zero attached hydrogens (tertiary/aromatic N) is 5. The fraction of sp³-hybridized carbons (Fsp3) is 0.250. The predicted molar refractivity (Wildman–Crippen MR) is 105 cm³/mol. The third kappa shape index (κ3) is 3.86. The fourth-order valence-corrected chi connectivity index (χ4v) is 3.44. The lowest BCUT2D eigenvalue weighted by Gasteiger charge is -2.28. The van der Waals surface area contributed by atoms with Gasteiger partial charge in [0.05, 0.1) is 35.3 Å². The molecule has 0 unspecified atom stereocenters. The first kappa shape index (κ1) is 20.5. The van der Waals surface area contributed by atoms with Crippen molar-refractivity contribution in [3.63, 3.8) is 0 Å². The van der Waals surface area contributed by atoms with E-state index in [0.717, 1.165) is 12.1 Å². The average Bonchev–Trinajstić information content (AvgIpc) is 3.04. The molecule has 0 bridgehead atoms. The number of nitrogens with one attached hydrogen (secondary N) is 1. The van der Waals surface area contributed by atoms with Crippen LogP contribution < -0.4 is 10.2 Å². The first-order chi connectivity index (χ1) is 14.6. The van der Waals surface area contributed by atoms with E-state index < -0.39 is 23.6 Å². The van der Waals surface area contributed by atoms with E-state index in [1.54, 1.807) is 13.8 Å². The number of halogens is 3. The topological polar surface area (TPSA) is 93.0 Å². The highest BCUT2D eigenvalue weighted by molar-refractivity contribution is 6.16. The smallest absolute Gasteiger partial charge is 0.305 e. The summed E-state index contributed by atoms with van der Waals surface area (Å²) in [5.41, 5.74) is 0.624. The van der Waals surface area contributed by atoms with Crippen LogP contribution in [0.1, 0.15) is 37.8 Å². The monoisotopic (exact) mass is 430 g/mol. The Bertz CT molecular complexity index is 1170. The van der Waals surface area contributed by atoms with Crippen LogP contribution in [0.25, 0.3) is 0 Å². The molecule has 1 N–H and O–H groups in total. The number of alkyl halides is 3. The van der Waals surface area contributed by atoms with E-state index in [9.17, 15) is 22.8 Å². The van der Waals surface area contributed by atoms with Gasteiger partial charge in [-0.1, -0.05) is 0 Å². The Balaban J connectivity index is 1.65. The van der Waals surface area contributed by atoms with E-state index in [2.05, 4.69) is 20.4 Å². The van der Waals surface area contributed by atoms with Gasteiger partial charge in [-0.2, -0.15) is 18.3 Å². The quantitative estimate of drug-likeness (QED) is 0.689. The van der Waals surface area contributed by atoms with Crippen molar-refractivity contribution in [1.82, 2.24) is 19.7 Å². The first-order valence-electron chi connectivity index (χ1n) is 9.31. The fourth-order valence-electron chi connectivity index (χ4n) is 3.44. The standard InChI is InChI=1S/C20H17F3N6O2/c1-11-9-24-10-15(25-11)26-18(30)16-12(2)27-29-8-7-28(19(31)17(16)29)14-5-3-13(4-6-14)20(21,22)23/h3-6,9-10H,7-8H2,1-2H3,(H,25,26,30). The van der Waals surface area contributed by atoms with Crippen molar-refractivity contribution in [2.45, 2.75) is 26.6 Å². The number of anilines is 2. The molecule has 0 radical (unpaired) electrons. The summed E-state index contributed by atoms with van der Waals surface area (Å²) in [7, 11) is 0. The largest absolute Gasteiger partial charge is 0.416 e. The summed E-state index contributed by atoms with van der Waals surface area (Å²) in [6.45, 7) is 3.84. The second kappa shape index (κ2) is 7.49. The van der Waals surface area contributed by atoms with Gasteiger partial charge in [0, 0.05) is 18.4 Å². The summed E-state index contributed by atoms with van der Waals surface area (Å²) in [5.74, 6) is -0.861. The van der Waals surface area contributed by atoms with Gasteiger partial charge in [-0.25, -0.2) is 4.98 Å². The second-order valence-electron chi connectivity index (χ2n) is 7.03. The summed E-state index contributed by atoms with van der Waals surface area (Å²) in [6.07, 6.45) is -1.55. The molecule has 1 aliphatic heterocycles. The molecular weight excluding hydrogens is 413 g/mol. The Kier molecular flexibility index (Phi) is 4.96. The summed E-state index contributed by atoms with van der Waals surface area (Å²) in [5, 5.41) is 6.89. The summed E-state index contributed by atoms with van der Waals surface area (Å²) >= 11 is 0. The molecule has 0 saturated carbocycles.